The van der Waals surface area contributed by atoms with Crippen molar-refractivity contribution in [1.29, 1.82) is 5.26 Å². The maximum Gasteiger partial charge on any atom is 0.332 e. The van der Waals surface area contributed by atoms with Gasteiger partial charge in [-0.25, -0.2) is 9.69 Å². The lowest BCUT2D eigenvalue weighted by Gasteiger charge is -2.47. The minimum atomic E-state index is -1.66. The van der Waals surface area contributed by atoms with Crippen molar-refractivity contribution in [2.45, 2.75) is 191 Å². The van der Waals surface area contributed by atoms with Crippen molar-refractivity contribution in [2.24, 2.45) is 0 Å². The largest absolute Gasteiger partial charge is 0.485 e. The molecule has 6 aliphatic rings. The molecule has 6 heterocycles. The van der Waals surface area contributed by atoms with Gasteiger partial charge in [-0.15, -0.1) is 0 Å². The van der Waals surface area contributed by atoms with Gasteiger partial charge >= 0.3 is 8.60 Å². The van der Waals surface area contributed by atoms with Crippen molar-refractivity contribution in [1.82, 2.24) is 14.7 Å². The van der Waals surface area contributed by atoms with Crippen LogP contribution >= 0.6 is 8.60 Å². The Balaban J connectivity index is 0.763. The Labute approximate surface area is 485 Å². The van der Waals surface area contributed by atoms with Crippen molar-refractivity contribution < 1.29 is 56.4 Å². The molecule has 0 bridgehead atoms. The summed E-state index contributed by atoms with van der Waals surface area (Å²) < 4.78 is 58.4. The first kappa shape index (κ1) is 60.7. The summed E-state index contributed by atoms with van der Waals surface area (Å²) in [6, 6.07) is 17.4. The van der Waals surface area contributed by atoms with Crippen molar-refractivity contribution in [3.63, 3.8) is 0 Å². The number of rotatable bonds is 27. The number of hydrogen-bond acceptors (Lipinski definition) is 13. The van der Waals surface area contributed by atoms with E-state index in [2.05, 4.69) is 15.8 Å². The number of ether oxygens (including phenoxy) is 6. The summed E-state index contributed by atoms with van der Waals surface area (Å²) in [5, 5.41) is 9.73. The molecule has 3 fully saturated rings. The maximum absolute atomic E-state index is 13.2. The lowest BCUT2D eigenvalue weighted by Crippen LogP contribution is -2.55. The number of likely N-dealkylation sites (tertiary alicyclic amines) is 3. The van der Waals surface area contributed by atoms with Gasteiger partial charge in [-0.3, -0.25) is 14.4 Å². The van der Waals surface area contributed by atoms with Crippen LogP contribution in [-0.4, -0.2) is 127 Å². The number of benzene rings is 3. The van der Waals surface area contributed by atoms with Crippen LogP contribution in [0.15, 0.2) is 54.6 Å². The highest BCUT2D eigenvalue weighted by Crippen LogP contribution is 2.50. The third-order valence-corrected chi connectivity index (χ3v) is 17.7. The summed E-state index contributed by atoms with van der Waals surface area (Å²) in [6.07, 6.45) is 9.52. The molecule has 0 radical (unpaired) electrons. The van der Waals surface area contributed by atoms with Crippen LogP contribution < -0.4 is 14.2 Å². The molecule has 3 aromatic rings. The van der Waals surface area contributed by atoms with E-state index in [0.717, 1.165) is 93.7 Å². The van der Waals surface area contributed by atoms with Crippen molar-refractivity contribution >= 4 is 37.7 Å². The van der Waals surface area contributed by atoms with Gasteiger partial charge in [-0.1, -0.05) is 12.1 Å². The first-order valence-corrected chi connectivity index (χ1v) is 30.7. The molecule has 440 valence electrons. The highest BCUT2D eigenvalue weighted by molar-refractivity contribution is 7.41. The number of nitriles is 1. The molecule has 0 saturated carbocycles. The Morgan fingerprint density at radius 2 is 0.841 bits per heavy atom. The summed E-state index contributed by atoms with van der Waals surface area (Å²) in [4.78, 5) is 52.6. The van der Waals surface area contributed by atoms with E-state index >= 15 is 0 Å². The van der Waals surface area contributed by atoms with E-state index in [4.69, 9.17) is 55.1 Å². The van der Waals surface area contributed by atoms with Gasteiger partial charge < -0.3 is 56.7 Å². The van der Waals surface area contributed by atoms with Crippen LogP contribution in [0.5, 0.6) is 17.2 Å². The van der Waals surface area contributed by atoms with E-state index in [1.165, 1.54) is 0 Å². The number of carbonyl (C=O) groups excluding carboxylic acids is 3. The Morgan fingerprint density at radius 1 is 0.512 bits per heavy atom. The van der Waals surface area contributed by atoms with Gasteiger partial charge in [0.05, 0.1) is 62.7 Å². The van der Waals surface area contributed by atoms with Gasteiger partial charge in [0.15, 0.2) is 11.4 Å². The second-order valence-corrected chi connectivity index (χ2v) is 25.1. The van der Waals surface area contributed by atoms with E-state index in [0.29, 0.717) is 113 Å². The van der Waals surface area contributed by atoms with Crippen LogP contribution in [-0.2, 0) is 42.2 Å². The monoisotopic (exact) mass is 1140 g/mol. The SMILES string of the molecule is [C-]#[N+]c1ccc2c(c1)[C@@H](N1CCCC1=O)[C@H](OCCCCCOP(OCCCCCO[C@H]1[C@H](N3CCCC3=O)c3cc(C#N)ccc3OC1(C)C)OCCCCCO[C@H]1[C@H](N3CCCC3=O)c3cc([N+]#[C-])ccc3OC1(C)C)C(C)(C)O2. The number of hydrogen-bond donors (Lipinski definition) is 0. The number of fused-ring (bicyclic) bond motifs is 3. The molecule has 3 aromatic carbocycles. The summed E-state index contributed by atoms with van der Waals surface area (Å²) in [7, 11) is -1.66. The Bertz CT molecular complexity index is 2580. The van der Waals surface area contributed by atoms with Crippen LogP contribution in [0.25, 0.3) is 9.69 Å². The lowest BCUT2D eigenvalue weighted by atomic mass is 9.84. The van der Waals surface area contributed by atoms with Gasteiger partial charge in [-0.05, 0) is 161 Å². The van der Waals surface area contributed by atoms with Gasteiger partial charge in [-0.2, -0.15) is 5.26 Å². The highest BCUT2D eigenvalue weighted by Gasteiger charge is 2.52. The van der Waals surface area contributed by atoms with E-state index in [9.17, 15) is 19.6 Å². The number of nitrogens with zero attached hydrogens (tertiary/aromatic N) is 6. The molecule has 9 rings (SSSR count). The van der Waals surface area contributed by atoms with Crippen LogP contribution in [0.1, 0.15) is 178 Å². The Hall–Kier alpha value is -5.87. The zero-order valence-corrected chi connectivity index (χ0v) is 49.6. The van der Waals surface area contributed by atoms with Crippen LogP contribution in [0, 0.1) is 24.5 Å². The van der Waals surface area contributed by atoms with E-state index in [1.54, 1.807) is 18.2 Å². The fraction of sp³-hybridized carbons (Fsp3) is 0.619. The van der Waals surface area contributed by atoms with E-state index in [-0.39, 0.29) is 35.8 Å². The van der Waals surface area contributed by atoms with Crippen molar-refractivity contribution in [3.8, 4) is 23.3 Å². The van der Waals surface area contributed by atoms with Gasteiger partial charge in [0.1, 0.15) is 52.4 Å². The molecule has 18 nitrogen and oxygen atoms in total. The predicted octanol–water partition coefficient (Wildman–Crippen LogP) is 12.5. The fourth-order valence-electron chi connectivity index (χ4n) is 12.5. The molecular formula is C63H81N6O12P. The number of amides is 3. The normalized spacial score (nSPS) is 24.0. The Morgan fingerprint density at radius 3 is 1.16 bits per heavy atom. The van der Waals surface area contributed by atoms with Gasteiger partial charge in [0.25, 0.3) is 0 Å². The highest BCUT2D eigenvalue weighted by atomic mass is 31.2. The average molecular weight is 1150 g/mol. The third-order valence-electron chi connectivity index (χ3n) is 16.6. The lowest BCUT2D eigenvalue weighted by molar-refractivity contribution is -0.149. The zero-order chi connectivity index (χ0) is 58.0. The fourth-order valence-corrected chi connectivity index (χ4v) is 13.6. The molecule has 0 aromatic heterocycles. The predicted molar refractivity (Wildman–Crippen MR) is 307 cm³/mol. The molecular weight excluding hydrogens is 1060 g/mol. The van der Waals surface area contributed by atoms with Gasteiger partial charge in [0, 0.05) is 75.4 Å². The summed E-state index contributed by atoms with van der Waals surface area (Å²) in [5.74, 6) is 2.29. The topological polar surface area (TPSA) is 177 Å². The van der Waals surface area contributed by atoms with Crippen molar-refractivity contribution in [3.05, 3.63) is 99.7 Å². The smallest absolute Gasteiger partial charge is 0.332 e. The molecule has 0 N–H and O–H groups in total. The second kappa shape index (κ2) is 27.2. The first-order chi connectivity index (χ1) is 39.5. The van der Waals surface area contributed by atoms with E-state index < -0.39 is 43.7 Å². The molecule has 19 heteroatoms. The number of unbranched alkanes of at least 4 members (excludes halogenated alkanes) is 6. The van der Waals surface area contributed by atoms with Crippen LogP contribution in [0.4, 0.5) is 11.4 Å². The quantitative estimate of drug-likeness (QED) is 0.0401. The molecule has 3 saturated heterocycles. The van der Waals surface area contributed by atoms with Crippen molar-refractivity contribution in [2.75, 3.05) is 59.3 Å². The molecule has 0 spiro atoms. The van der Waals surface area contributed by atoms with Crippen LogP contribution in [0.2, 0.25) is 0 Å². The standard InChI is InChI=1S/C63H81N6O12P/c1-61(2)58(55(67-30-18-21-52(67)70)46-39-43(42-64)24-27-49(46)79-61)73-33-12-9-15-36-76-82(77-37-16-10-13-34-74-59-56(68-31-19-22-53(68)71)47-40-44(65-7)25-28-50(47)80-62(59,3)4)78-38-17-11-14-35-75-60-57(69-32-20-23-54(69)72)48-41-45(66-8)26-29-51(48)81-63(60,5)6/h24-29,39-41,55-60H,9-23,30-38H2,1-6H3/t55-,56-,57-,58+,59+,60+/m1/s1. The minimum Gasteiger partial charge on any atom is -0.485 e. The van der Waals surface area contributed by atoms with E-state index in [1.807, 2.05) is 92.6 Å². The third kappa shape index (κ3) is 14.0. The minimum absolute atomic E-state index is 0.0835. The molecule has 0 unspecified atom stereocenters. The molecule has 0 aliphatic carbocycles. The van der Waals surface area contributed by atoms with Crippen LogP contribution in [0.3, 0.4) is 0 Å². The average Bonchev–Trinajstić information content (AvgIpc) is 2.48. The Kier molecular flexibility index (Phi) is 20.2. The zero-order valence-electron chi connectivity index (χ0n) is 48.7. The molecule has 82 heavy (non-hydrogen) atoms. The maximum atomic E-state index is 13.2. The second-order valence-electron chi connectivity index (χ2n) is 23.8. The molecule has 3 amide bonds. The molecule has 6 atom stereocenters. The summed E-state index contributed by atoms with van der Waals surface area (Å²) >= 11 is 0. The summed E-state index contributed by atoms with van der Waals surface area (Å²) in [6.45, 7) is 31.8. The summed E-state index contributed by atoms with van der Waals surface area (Å²) in [5.41, 5.74) is 1.78. The molecule has 6 aliphatic heterocycles. The number of carbonyl (C=O) groups is 3. The van der Waals surface area contributed by atoms with Gasteiger partial charge in [0.2, 0.25) is 17.7 Å². The first-order valence-electron chi connectivity index (χ1n) is 29.6.